The van der Waals surface area contributed by atoms with Crippen LogP contribution in [0.3, 0.4) is 0 Å². The SMILES string of the molecule is CC=CC(=O)N1CCN(S(C)(=O)=O)CC1. The van der Waals surface area contributed by atoms with E-state index in [1.807, 2.05) is 0 Å². The van der Waals surface area contributed by atoms with Crippen molar-refractivity contribution < 1.29 is 13.2 Å². The highest BCUT2D eigenvalue weighted by Gasteiger charge is 2.24. The molecule has 15 heavy (non-hydrogen) atoms. The molecule has 0 radical (unpaired) electrons. The van der Waals surface area contributed by atoms with Gasteiger partial charge in [-0.1, -0.05) is 6.08 Å². The van der Waals surface area contributed by atoms with Crippen LogP contribution < -0.4 is 0 Å². The Hall–Kier alpha value is -0.880. The fraction of sp³-hybridized carbons (Fsp3) is 0.667. The van der Waals surface area contributed by atoms with Crippen molar-refractivity contribution in [3.63, 3.8) is 0 Å². The first kappa shape index (κ1) is 12.2. The normalized spacial score (nSPS) is 19.7. The van der Waals surface area contributed by atoms with E-state index in [4.69, 9.17) is 0 Å². The summed E-state index contributed by atoms with van der Waals surface area (Å²) in [5.74, 6) is -0.0503. The van der Waals surface area contributed by atoms with E-state index in [0.29, 0.717) is 26.2 Å². The predicted octanol–water partition coefficient (Wildman–Crippen LogP) is -0.334. The van der Waals surface area contributed by atoms with Crippen LogP contribution in [0.1, 0.15) is 6.92 Å². The molecule has 0 aliphatic carbocycles. The Balaban J connectivity index is 2.53. The van der Waals surface area contributed by atoms with Gasteiger partial charge in [0, 0.05) is 26.2 Å². The van der Waals surface area contributed by atoms with Crippen LogP contribution in [0.2, 0.25) is 0 Å². The molecule has 1 saturated heterocycles. The number of carbonyl (C=O) groups excluding carboxylic acids is 1. The second-order valence-electron chi connectivity index (χ2n) is 3.49. The number of allylic oxidation sites excluding steroid dienone is 1. The van der Waals surface area contributed by atoms with E-state index in [1.165, 1.54) is 16.6 Å². The van der Waals surface area contributed by atoms with Gasteiger partial charge in [0.1, 0.15) is 0 Å². The van der Waals surface area contributed by atoms with E-state index < -0.39 is 10.0 Å². The third-order valence-corrected chi connectivity index (χ3v) is 3.63. The number of carbonyl (C=O) groups is 1. The van der Waals surface area contributed by atoms with Crippen molar-refractivity contribution in [2.45, 2.75) is 6.92 Å². The van der Waals surface area contributed by atoms with E-state index >= 15 is 0 Å². The average Bonchev–Trinajstić information content (AvgIpc) is 2.17. The molecule has 0 bridgehead atoms. The molecule has 0 aromatic carbocycles. The van der Waals surface area contributed by atoms with Gasteiger partial charge in [-0.05, 0) is 13.0 Å². The number of hydrogen-bond donors (Lipinski definition) is 0. The van der Waals surface area contributed by atoms with E-state index in [9.17, 15) is 13.2 Å². The molecule has 1 heterocycles. The van der Waals surface area contributed by atoms with Gasteiger partial charge in [-0.2, -0.15) is 4.31 Å². The van der Waals surface area contributed by atoms with Crippen LogP contribution in [-0.2, 0) is 14.8 Å². The lowest BCUT2D eigenvalue weighted by molar-refractivity contribution is -0.127. The molecule has 1 rings (SSSR count). The van der Waals surface area contributed by atoms with Crippen molar-refractivity contribution in [1.29, 1.82) is 0 Å². The van der Waals surface area contributed by atoms with Gasteiger partial charge in [0.25, 0.3) is 0 Å². The van der Waals surface area contributed by atoms with Gasteiger partial charge in [0.15, 0.2) is 0 Å². The molecule has 1 aliphatic rings. The van der Waals surface area contributed by atoms with Crippen molar-refractivity contribution in [2.75, 3.05) is 32.4 Å². The summed E-state index contributed by atoms with van der Waals surface area (Å²) in [6.45, 7) is 3.50. The largest absolute Gasteiger partial charge is 0.337 e. The standard InChI is InChI=1S/C9H16N2O3S/c1-3-4-9(12)10-5-7-11(8-6-10)15(2,13)14/h3-4H,5-8H2,1-2H3. The monoisotopic (exact) mass is 232 g/mol. The maximum atomic E-state index is 11.4. The van der Waals surface area contributed by atoms with Crippen LogP contribution in [0.5, 0.6) is 0 Å². The topological polar surface area (TPSA) is 57.7 Å². The summed E-state index contributed by atoms with van der Waals surface area (Å²) in [6, 6.07) is 0. The van der Waals surface area contributed by atoms with Gasteiger partial charge in [0.2, 0.25) is 15.9 Å². The van der Waals surface area contributed by atoms with Crippen molar-refractivity contribution >= 4 is 15.9 Å². The van der Waals surface area contributed by atoms with E-state index in [2.05, 4.69) is 0 Å². The number of sulfonamides is 1. The number of nitrogens with zero attached hydrogens (tertiary/aromatic N) is 2. The average molecular weight is 232 g/mol. The summed E-state index contributed by atoms with van der Waals surface area (Å²) in [7, 11) is -3.11. The lowest BCUT2D eigenvalue weighted by Crippen LogP contribution is -2.49. The first-order chi connectivity index (χ1) is 6.95. The van der Waals surface area contributed by atoms with Crippen LogP contribution in [-0.4, -0.2) is 56.0 Å². The minimum Gasteiger partial charge on any atom is -0.337 e. The quantitative estimate of drug-likeness (QED) is 0.612. The number of piperazine rings is 1. The molecule has 6 heteroatoms. The van der Waals surface area contributed by atoms with Gasteiger partial charge in [-0.15, -0.1) is 0 Å². The Morgan fingerprint density at radius 3 is 2.13 bits per heavy atom. The third kappa shape index (κ3) is 3.32. The smallest absolute Gasteiger partial charge is 0.246 e. The Bertz CT molecular complexity index is 354. The molecular weight excluding hydrogens is 216 g/mol. The second kappa shape index (κ2) is 4.76. The summed E-state index contributed by atoms with van der Waals surface area (Å²) >= 11 is 0. The molecule has 1 aliphatic heterocycles. The van der Waals surface area contributed by atoms with Crippen LogP contribution >= 0.6 is 0 Å². The van der Waals surface area contributed by atoms with E-state index in [0.717, 1.165) is 0 Å². The van der Waals surface area contributed by atoms with Crippen LogP contribution in [0.4, 0.5) is 0 Å². The number of rotatable bonds is 2. The van der Waals surface area contributed by atoms with E-state index in [1.54, 1.807) is 17.9 Å². The Morgan fingerprint density at radius 1 is 1.20 bits per heavy atom. The highest BCUT2D eigenvalue weighted by molar-refractivity contribution is 7.88. The second-order valence-corrected chi connectivity index (χ2v) is 5.47. The van der Waals surface area contributed by atoms with Crippen LogP contribution in [0.25, 0.3) is 0 Å². The summed E-state index contributed by atoms with van der Waals surface area (Å²) in [5.41, 5.74) is 0. The first-order valence-electron chi connectivity index (χ1n) is 4.82. The fourth-order valence-corrected chi connectivity index (χ4v) is 2.31. The molecule has 0 spiro atoms. The summed E-state index contributed by atoms with van der Waals surface area (Å²) < 4.78 is 23.8. The summed E-state index contributed by atoms with van der Waals surface area (Å²) in [6.07, 6.45) is 4.37. The fourth-order valence-electron chi connectivity index (χ4n) is 1.49. The van der Waals surface area contributed by atoms with Gasteiger partial charge < -0.3 is 4.90 Å². The molecule has 0 saturated carbocycles. The van der Waals surface area contributed by atoms with Crippen molar-refractivity contribution in [3.05, 3.63) is 12.2 Å². The Morgan fingerprint density at radius 2 is 1.73 bits per heavy atom. The summed E-state index contributed by atoms with van der Waals surface area (Å²) in [5, 5.41) is 0. The molecule has 0 aromatic heterocycles. The van der Waals surface area contributed by atoms with Crippen molar-refractivity contribution in [2.24, 2.45) is 0 Å². The van der Waals surface area contributed by atoms with Gasteiger partial charge in [-0.25, -0.2) is 8.42 Å². The lowest BCUT2D eigenvalue weighted by atomic mass is 10.3. The minimum absolute atomic E-state index is 0.0503. The maximum Gasteiger partial charge on any atom is 0.246 e. The molecule has 1 amide bonds. The zero-order chi connectivity index (χ0) is 11.5. The molecule has 0 atom stereocenters. The molecular formula is C9H16N2O3S. The highest BCUT2D eigenvalue weighted by Crippen LogP contribution is 2.06. The molecule has 0 N–H and O–H groups in total. The van der Waals surface area contributed by atoms with Crippen LogP contribution in [0.15, 0.2) is 12.2 Å². The summed E-state index contributed by atoms with van der Waals surface area (Å²) in [4.78, 5) is 13.1. The first-order valence-corrected chi connectivity index (χ1v) is 6.66. The maximum absolute atomic E-state index is 11.4. The van der Waals surface area contributed by atoms with Gasteiger partial charge >= 0.3 is 0 Å². The predicted molar refractivity (Wildman–Crippen MR) is 57.8 cm³/mol. The third-order valence-electron chi connectivity index (χ3n) is 2.33. The molecule has 0 aromatic rings. The number of hydrogen-bond acceptors (Lipinski definition) is 3. The van der Waals surface area contributed by atoms with Crippen molar-refractivity contribution in [3.8, 4) is 0 Å². The molecule has 0 unspecified atom stereocenters. The molecule has 86 valence electrons. The van der Waals surface area contributed by atoms with Crippen molar-refractivity contribution in [1.82, 2.24) is 9.21 Å². The van der Waals surface area contributed by atoms with E-state index in [-0.39, 0.29) is 5.91 Å². The zero-order valence-electron chi connectivity index (χ0n) is 9.01. The molecule has 5 nitrogen and oxygen atoms in total. The van der Waals surface area contributed by atoms with Gasteiger partial charge in [-0.3, -0.25) is 4.79 Å². The number of amides is 1. The Labute approximate surface area is 90.4 Å². The lowest BCUT2D eigenvalue weighted by Gasteiger charge is -2.32. The van der Waals surface area contributed by atoms with Gasteiger partial charge in [0.05, 0.1) is 6.26 Å². The minimum atomic E-state index is -3.11. The zero-order valence-corrected chi connectivity index (χ0v) is 9.83. The van der Waals surface area contributed by atoms with Crippen LogP contribution in [0, 0.1) is 0 Å². The highest BCUT2D eigenvalue weighted by atomic mass is 32.2. The molecule has 1 fully saturated rings. The Kier molecular flexibility index (Phi) is 3.87.